The van der Waals surface area contributed by atoms with Gasteiger partial charge in [0, 0.05) is 29.1 Å². The van der Waals surface area contributed by atoms with Crippen molar-refractivity contribution in [2.75, 3.05) is 28.3 Å². The summed E-state index contributed by atoms with van der Waals surface area (Å²) in [6.45, 7) is 4.51. The van der Waals surface area contributed by atoms with Gasteiger partial charge in [0.1, 0.15) is 11.5 Å². The molecule has 2 aromatic rings. The molecule has 1 amide bonds. The van der Waals surface area contributed by atoms with Gasteiger partial charge in [0.05, 0.1) is 24.6 Å². The van der Waals surface area contributed by atoms with Crippen LogP contribution < -0.4 is 10.5 Å². The maximum Gasteiger partial charge on any atom is 0.235 e. The maximum atomic E-state index is 14.0. The van der Waals surface area contributed by atoms with Crippen molar-refractivity contribution in [2.24, 2.45) is 29.4 Å². The molecule has 11 heteroatoms. The zero-order valence-corrected chi connectivity index (χ0v) is 25.8. The van der Waals surface area contributed by atoms with Gasteiger partial charge in [-0.1, -0.05) is 30.3 Å². The Morgan fingerprint density at radius 2 is 1.73 bits per heavy atom. The van der Waals surface area contributed by atoms with Crippen LogP contribution in [0.1, 0.15) is 47.3 Å². The monoisotopic (exact) mass is 605 g/mol. The number of ether oxygens (including phenoxy) is 1. The second-order valence-electron chi connectivity index (χ2n) is 13.0. The van der Waals surface area contributed by atoms with Crippen LogP contribution in [0.3, 0.4) is 0 Å². The van der Waals surface area contributed by atoms with Gasteiger partial charge in [0.2, 0.25) is 5.91 Å². The summed E-state index contributed by atoms with van der Waals surface area (Å²) in [4.78, 5) is 70.5. The highest BCUT2D eigenvalue weighted by molar-refractivity contribution is 6.32. The number of nitrogens with zero attached hydrogens (tertiary/aromatic N) is 2. The van der Waals surface area contributed by atoms with Crippen LogP contribution in [0.15, 0.2) is 36.4 Å². The zero-order chi connectivity index (χ0) is 32.5. The van der Waals surface area contributed by atoms with Crippen molar-refractivity contribution in [3.8, 4) is 11.5 Å². The number of hydrogen-bond acceptors (Lipinski definition) is 10. The molecule has 2 unspecified atom stereocenters. The van der Waals surface area contributed by atoms with E-state index in [4.69, 9.17) is 10.5 Å². The molecular formula is C33H39N3O8. The highest BCUT2D eigenvalue weighted by atomic mass is 16.5. The Balaban J connectivity index is 1.57. The van der Waals surface area contributed by atoms with Crippen LogP contribution in [-0.4, -0.2) is 88.9 Å². The Bertz CT molecular complexity index is 1570. The van der Waals surface area contributed by atoms with E-state index in [2.05, 4.69) is 18.7 Å². The average molecular weight is 606 g/mol. The van der Waals surface area contributed by atoms with Crippen LogP contribution in [0, 0.1) is 23.7 Å². The molecule has 2 saturated carbocycles. The quantitative estimate of drug-likeness (QED) is 0.391. The van der Waals surface area contributed by atoms with Gasteiger partial charge in [0.25, 0.3) is 0 Å². The Labute approximate surface area is 256 Å². The molecule has 11 nitrogen and oxygen atoms in total. The van der Waals surface area contributed by atoms with Crippen LogP contribution in [-0.2, 0) is 37.7 Å². The lowest BCUT2D eigenvalue weighted by atomic mass is 9.52. The molecule has 0 radical (unpaired) electrons. The number of primary amides is 1. The fraction of sp³-hybridized carbons (Fsp3) is 0.485. The summed E-state index contributed by atoms with van der Waals surface area (Å²) in [5, 5.41) is 22.9. The molecule has 6 atom stereocenters. The van der Waals surface area contributed by atoms with E-state index < -0.39 is 69.9 Å². The number of amides is 1. The maximum absolute atomic E-state index is 14.0. The van der Waals surface area contributed by atoms with Crippen LogP contribution in [0.2, 0.25) is 0 Å². The lowest BCUT2D eigenvalue weighted by Crippen LogP contribution is -2.74. The Kier molecular flexibility index (Phi) is 7.80. The number of benzene rings is 2. The fourth-order valence-corrected chi connectivity index (χ4v) is 7.61. The minimum Gasteiger partial charge on any atom is -0.507 e. The zero-order valence-electron chi connectivity index (χ0n) is 25.8. The highest BCUT2D eigenvalue weighted by Gasteiger charge is 2.69. The van der Waals surface area contributed by atoms with E-state index >= 15 is 0 Å². The van der Waals surface area contributed by atoms with E-state index in [-0.39, 0.29) is 24.2 Å². The van der Waals surface area contributed by atoms with Crippen molar-refractivity contribution in [3.05, 3.63) is 58.7 Å². The molecule has 0 aliphatic heterocycles. The number of rotatable bonds is 7. The third-order valence-electron chi connectivity index (χ3n) is 10.1. The Morgan fingerprint density at radius 1 is 1.09 bits per heavy atom. The van der Waals surface area contributed by atoms with Gasteiger partial charge in [0.15, 0.2) is 34.7 Å². The summed E-state index contributed by atoms with van der Waals surface area (Å²) in [5.41, 5.74) is 4.28. The molecule has 0 heterocycles. The summed E-state index contributed by atoms with van der Waals surface area (Å²) < 4.78 is 5.84. The number of aliphatic hydroxyl groups is 1. The van der Waals surface area contributed by atoms with Gasteiger partial charge in [-0.2, -0.15) is 0 Å². The van der Waals surface area contributed by atoms with E-state index in [1.165, 1.54) is 18.1 Å². The molecule has 0 aromatic heterocycles. The van der Waals surface area contributed by atoms with Crippen LogP contribution in [0.5, 0.6) is 11.5 Å². The standard InChI is InChI=1S/C33H39N3O8/c1-32(2,18-10-8-7-9-11-18)36(5)15-17-14-21(37)23-19(28(17)44-6)12-16-13-20-25(35(3)4)27(39)24(31(34)42)30(41)33(20,43)29(40)22(16)26(23)38/h7-11,14,16,20,22,24-25,37,43H,12-13,15H2,1-6H3,(H2,34,42)/t16-,20-,22?,24?,25-,33-/m0/s1. The number of carbonyl (C=O) groups excluding carboxylic acids is 5. The largest absolute Gasteiger partial charge is 0.507 e. The first-order chi connectivity index (χ1) is 20.6. The molecule has 0 bridgehead atoms. The fourth-order valence-electron chi connectivity index (χ4n) is 7.61. The SMILES string of the molecule is COc1c(CN(C)C(C)(C)c2ccccc2)cc(O)c2c1C[C@H]1C[C@H]3[C@H](N(C)C)C(=O)C(C(N)=O)C(=O)[C@@]3(O)C(=O)C1C2=O. The Morgan fingerprint density at radius 3 is 2.30 bits per heavy atom. The lowest BCUT2D eigenvalue weighted by molar-refractivity contribution is -0.181. The van der Waals surface area contributed by atoms with Crippen LogP contribution >= 0.6 is 0 Å². The van der Waals surface area contributed by atoms with Gasteiger partial charge >= 0.3 is 0 Å². The number of phenolic OH excluding ortho intramolecular Hbond substituents is 1. The van der Waals surface area contributed by atoms with Gasteiger partial charge < -0.3 is 20.7 Å². The predicted octanol–water partition coefficient (Wildman–Crippen LogP) is 1.24. The van der Waals surface area contributed by atoms with Gasteiger partial charge in [-0.25, -0.2) is 0 Å². The third-order valence-corrected chi connectivity index (χ3v) is 10.1. The van der Waals surface area contributed by atoms with E-state index in [0.717, 1.165) is 5.56 Å². The van der Waals surface area contributed by atoms with Crippen molar-refractivity contribution in [2.45, 2.75) is 50.4 Å². The van der Waals surface area contributed by atoms with Crippen molar-refractivity contribution in [3.63, 3.8) is 0 Å². The van der Waals surface area contributed by atoms with Crippen molar-refractivity contribution in [1.29, 1.82) is 0 Å². The second-order valence-corrected chi connectivity index (χ2v) is 13.0. The number of likely N-dealkylation sites (N-methyl/N-ethyl adjacent to an activating group) is 1. The number of nitrogens with two attached hydrogens (primary N) is 1. The number of Topliss-reactive ketones (excluding diaryl/α,β-unsaturated/α-hetero) is 4. The summed E-state index contributed by atoms with van der Waals surface area (Å²) in [6, 6.07) is 10.2. The molecule has 44 heavy (non-hydrogen) atoms. The van der Waals surface area contributed by atoms with E-state index in [0.29, 0.717) is 23.4 Å². The summed E-state index contributed by atoms with van der Waals surface area (Å²) in [7, 11) is 6.53. The first-order valence-electron chi connectivity index (χ1n) is 14.6. The molecule has 2 fully saturated rings. The third kappa shape index (κ3) is 4.48. The smallest absolute Gasteiger partial charge is 0.235 e. The van der Waals surface area contributed by atoms with Crippen molar-refractivity contribution in [1.82, 2.24) is 9.80 Å². The minimum atomic E-state index is -2.76. The molecular weight excluding hydrogens is 566 g/mol. The second kappa shape index (κ2) is 10.9. The van der Waals surface area contributed by atoms with Gasteiger partial charge in [-0.05, 0) is 65.4 Å². The Hall–Kier alpha value is -3.93. The van der Waals surface area contributed by atoms with Crippen molar-refractivity contribution < 1.29 is 38.9 Å². The normalized spacial score (nSPS) is 28.5. The molecule has 5 rings (SSSR count). The molecule has 3 aliphatic rings. The topological polar surface area (TPSA) is 168 Å². The van der Waals surface area contributed by atoms with E-state index in [1.807, 2.05) is 37.4 Å². The summed E-state index contributed by atoms with van der Waals surface area (Å²) in [5.74, 6) is -10.4. The minimum absolute atomic E-state index is 0.0288. The molecule has 234 valence electrons. The van der Waals surface area contributed by atoms with Gasteiger partial charge in [-0.3, -0.25) is 33.8 Å². The van der Waals surface area contributed by atoms with E-state index in [9.17, 15) is 34.2 Å². The molecule has 4 N–H and O–H groups in total. The number of aromatic hydroxyl groups is 1. The summed E-state index contributed by atoms with van der Waals surface area (Å²) in [6.07, 6.45) is 0.0984. The molecule has 0 saturated heterocycles. The van der Waals surface area contributed by atoms with Gasteiger partial charge in [-0.15, -0.1) is 0 Å². The van der Waals surface area contributed by atoms with E-state index in [1.54, 1.807) is 14.1 Å². The van der Waals surface area contributed by atoms with Crippen molar-refractivity contribution >= 4 is 29.0 Å². The summed E-state index contributed by atoms with van der Waals surface area (Å²) >= 11 is 0. The first-order valence-corrected chi connectivity index (χ1v) is 14.6. The number of methoxy groups -OCH3 is 1. The average Bonchev–Trinajstić information content (AvgIpc) is 2.95. The van der Waals surface area contributed by atoms with Crippen LogP contribution in [0.25, 0.3) is 0 Å². The number of ketones is 4. The molecule has 3 aliphatic carbocycles. The van der Waals surface area contributed by atoms with Crippen LogP contribution in [0.4, 0.5) is 0 Å². The predicted molar refractivity (Wildman–Crippen MR) is 159 cm³/mol. The number of hydrogen-bond donors (Lipinski definition) is 3. The molecule has 0 spiro atoms. The number of carbonyl (C=O) groups is 5. The molecule has 2 aromatic carbocycles. The lowest BCUT2D eigenvalue weighted by Gasteiger charge is -2.52. The highest BCUT2D eigenvalue weighted by Crippen LogP contribution is 2.52. The first kappa shape index (κ1) is 31.5. The number of phenols is 1. The number of fused-ring (bicyclic) bond motifs is 3.